The van der Waals surface area contributed by atoms with Gasteiger partial charge in [0.05, 0.1) is 5.56 Å². The molecule has 0 saturated carbocycles. The number of alkyl halides is 3. The zero-order valence-corrected chi connectivity index (χ0v) is 12.8. The Morgan fingerprint density at radius 1 is 1.10 bits per heavy atom. The number of benzene rings is 1. The summed E-state index contributed by atoms with van der Waals surface area (Å²) in [5.74, 6) is 1.01. The van der Waals surface area contributed by atoms with Crippen molar-refractivity contribution in [3.05, 3.63) is 53.6 Å². The lowest BCUT2D eigenvalue weighted by atomic mass is 9.97. The smallest absolute Gasteiger partial charge is 0.388 e. The van der Waals surface area contributed by atoms with Crippen LogP contribution in [-0.2, 0) is 6.18 Å². The Morgan fingerprint density at radius 3 is 2.10 bits per heavy atom. The van der Waals surface area contributed by atoms with E-state index in [0.29, 0.717) is 11.8 Å². The molecule has 0 bridgehead atoms. The molecule has 1 aromatic carbocycles. The Labute approximate surface area is 124 Å². The SMILES string of the molecule is CN/C(=C\C=C/C(C)C(C)C)c1ccc(C(F)(F)F)cc1. The molecule has 0 amide bonds. The molecule has 0 aliphatic heterocycles. The van der Waals surface area contributed by atoms with Crippen LogP contribution >= 0.6 is 0 Å². The first kappa shape index (κ1) is 17.3. The standard InChI is InChI=1S/C17H22F3N/c1-12(2)13(3)6-5-7-16(21-4)14-8-10-15(11-9-14)17(18,19)20/h5-13,21H,1-4H3/b6-5-,16-7-. The molecule has 1 atom stereocenters. The van der Waals surface area contributed by atoms with E-state index in [0.717, 1.165) is 23.4 Å². The minimum absolute atomic E-state index is 0.451. The molecule has 1 N–H and O–H groups in total. The van der Waals surface area contributed by atoms with Crippen LogP contribution in [0.5, 0.6) is 0 Å². The Morgan fingerprint density at radius 2 is 1.67 bits per heavy atom. The average molecular weight is 297 g/mol. The number of rotatable bonds is 5. The number of nitrogens with one attached hydrogen (secondary N) is 1. The molecule has 0 spiro atoms. The van der Waals surface area contributed by atoms with Crippen LogP contribution in [0.2, 0.25) is 0 Å². The molecule has 0 aromatic heterocycles. The fourth-order valence-electron chi connectivity index (χ4n) is 1.71. The van der Waals surface area contributed by atoms with Gasteiger partial charge in [0, 0.05) is 12.7 Å². The second kappa shape index (κ2) is 7.34. The number of allylic oxidation sites excluding steroid dienone is 3. The van der Waals surface area contributed by atoms with Crippen LogP contribution in [0, 0.1) is 11.8 Å². The van der Waals surface area contributed by atoms with Gasteiger partial charge >= 0.3 is 6.18 Å². The molecule has 0 aliphatic carbocycles. The van der Waals surface area contributed by atoms with E-state index >= 15 is 0 Å². The minimum Gasteiger partial charge on any atom is -0.388 e. The van der Waals surface area contributed by atoms with Gasteiger partial charge in [0.25, 0.3) is 0 Å². The maximum absolute atomic E-state index is 12.5. The predicted octanol–water partition coefficient (Wildman–Crippen LogP) is 5.11. The molecule has 0 saturated heterocycles. The summed E-state index contributed by atoms with van der Waals surface area (Å²) in [6, 6.07) is 5.15. The van der Waals surface area contributed by atoms with Crippen molar-refractivity contribution >= 4 is 5.70 Å². The number of halogens is 3. The van der Waals surface area contributed by atoms with Gasteiger partial charge in [-0.1, -0.05) is 45.1 Å². The summed E-state index contributed by atoms with van der Waals surface area (Å²) in [5, 5.41) is 3.01. The van der Waals surface area contributed by atoms with E-state index in [-0.39, 0.29) is 0 Å². The van der Waals surface area contributed by atoms with Crippen LogP contribution < -0.4 is 5.32 Å². The van der Waals surface area contributed by atoms with Crippen molar-refractivity contribution in [2.75, 3.05) is 7.05 Å². The molecule has 0 aliphatic rings. The second-order valence-corrected chi connectivity index (χ2v) is 5.39. The fourth-order valence-corrected chi connectivity index (χ4v) is 1.71. The third kappa shape index (κ3) is 5.29. The third-order valence-electron chi connectivity index (χ3n) is 3.52. The average Bonchev–Trinajstić information content (AvgIpc) is 2.42. The van der Waals surface area contributed by atoms with Crippen LogP contribution in [0.15, 0.2) is 42.5 Å². The van der Waals surface area contributed by atoms with E-state index in [4.69, 9.17) is 0 Å². The first-order valence-electron chi connectivity index (χ1n) is 6.99. The van der Waals surface area contributed by atoms with Crippen LogP contribution in [-0.4, -0.2) is 7.05 Å². The molecule has 0 heterocycles. The number of hydrogen-bond donors (Lipinski definition) is 1. The molecule has 116 valence electrons. The highest BCUT2D eigenvalue weighted by molar-refractivity contribution is 5.65. The van der Waals surface area contributed by atoms with E-state index in [9.17, 15) is 13.2 Å². The van der Waals surface area contributed by atoms with Gasteiger partial charge in [0.2, 0.25) is 0 Å². The largest absolute Gasteiger partial charge is 0.416 e. The quantitative estimate of drug-likeness (QED) is 0.744. The lowest BCUT2D eigenvalue weighted by Gasteiger charge is -2.11. The van der Waals surface area contributed by atoms with Gasteiger partial charge in [-0.2, -0.15) is 13.2 Å². The topological polar surface area (TPSA) is 12.0 Å². The summed E-state index contributed by atoms with van der Waals surface area (Å²) in [4.78, 5) is 0. The highest BCUT2D eigenvalue weighted by Crippen LogP contribution is 2.29. The third-order valence-corrected chi connectivity index (χ3v) is 3.52. The Kier molecular flexibility index (Phi) is 6.06. The van der Waals surface area contributed by atoms with Gasteiger partial charge in [-0.25, -0.2) is 0 Å². The first-order chi connectivity index (χ1) is 9.75. The van der Waals surface area contributed by atoms with Crippen LogP contribution in [0.25, 0.3) is 5.70 Å². The molecule has 1 nitrogen and oxygen atoms in total. The normalized spacial score (nSPS) is 14.8. The summed E-state index contributed by atoms with van der Waals surface area (Å²) in [6.45, 7) is 6.42. The van der Waals surface area contributed by atoms with Crippen molar-refractivity contribution in [2.45, 2.75) is 26.9 Å². The van der Waals surface area contributed by atoms with Gasteiger partial charge in [-0.05, 0) is 35.6 Å². The van der Waals surface area contributed by atoms with Gasteiger partial charge in [-0.3, -0.25) is 0 Å². The molecule has 0 radical (unpaired) electrons. The maximum atomic E-state index is 12.5. The van der Waals surface area contributed by atoms with Crippen molar-refractivity contribution in [1.29, 1.82) is 0 Å². The lowest BCUT2D eigenvalue weighted by molar-refractivity contribution is -0.137. The van der Waals surface area contributed by atoms with Gasteiger partial charge < -0.3 is 5.32 Å². The van der Waals surface area contributed by atoms with Crippen LogP contribution in [0.3, 0.4) is 0 Å². The van der Waals surface area contributed by atoms with Gasteiger partial charge in [0.15, 0.2) is 0 Å². The molecular formula is C17H22F3N. The first-order valence-corrected chi connectivity index (χ1v) is 6.99. The van der Waals surface area contributed by atoms with E-state index in [1.54, 1.807) is 7.05 Å². The summed E-state index contributed by atoms with van der Waals surface area (Å²) in [5.41, 5.74) is 0.883. The molecule has 1 rings (SSSR count). The van der Waals surface area contributed by atoms with Crippen LogP contribution in [0.1, 0.15) is 31.9 Å². The van der Waals surface area contributed by atoms with E-state index in [1.165, 1.54) is 12.1 Å². The van der Waals surface area contributed by atoms with E-state index in [1.807, 2.05) is 12.2 Å². The van der Waals surface area contributed by atoms with E-state index < -0.39 is 11.7 Å². The summed E-state index contributed by atoms with van der Waals surface area (Å²) in [7, 11) is 1.75. The molecule has 1 aromatic rings. The second-order valence-electron chi connectivity index (χ2n) is 5.39. The summed E-state index contributed by atoms with van der Waals surface area (Å²) < 4.78 is 37.6. The molecular weight excluding hydrogens is 275 g/mol. The predicted molar refractivity (Wildman–Crippen MR) is 81.6 cm³/mol. The van der Waals surface area contributed by atoms with Gasteiger partial charge in [-0.15, -0.1) is 0 Å². The fraction of sp³-hybridized carbons (Fsp3) is 0.412. The van der Waals surface area contributed by atoms with Crippen LogP contribution in [0.4, 0.5) is 13.2 Å². The molecule has 21 heavy (non-hydrogen) atoms. The Bertz CT molecular complexity index is 496. The monoisotopic (exact) mass is 297 g/mol. The highest BCUT2D eigenvalue weighted by Gasteiger charge is 2.29. The van der Waals surface area contributed by atoms with Gasteiger partial charge in [0.1, 0.15) is 0 Å². The van der Waals surface area contributed by atoms with Crippen molar-refractivity contribution in [1.82, 2.24) is 5.32 Å². The zero-order chi connectivity index (χ0) is 16.0. The van der Waals surface area contributed by atoms with Crippen molar-refractivity contribution < 1.29 is 13.2 Å². The van der Waals surface area contributed by atoms with Crippen molar-refractivity contribution in [2.24, 2.45) is 11.8 Å². The highest BCUT2D eigenvalue weighted by atomic mass is 19.4. The van der Waals surface area contributed by atoms with Crippen molar-refractivity contribution in [3.63, 3.8) is 0 Å². The summed E-state index contributed by atoms with van der Waals surface area (Å²) in [6.07, 6.45) is 1.61. The zero-order valence-electron chi connectivity index (χ0n) is 12.8. The van der Waals surface area contributed by atoms with E-state index in [2.05, 4.69) is 32.2 Å². The maximum Gasteiger partial charge on any atom is 0.416 e. The van der Waals surface area contributed by atoms with Crippen molar-refractivity contribution in [3.8, 4) is 0 Å². The minimum atomic E-state index is -4.30. The Hall–Kier alpha value is -1.71. The lowest BCUT2D eigenvalue weighted by Crippen LogP contribution is -2.07. The Balaban J connectivity index is 2.90. The molecule has 0 fully saturated rings. The summed E-state index contributed by atoms with van der Waals surface area (Å²) >= 11 is 0. The molecule has 4 heteroatoms. The molecule has 1 unspecified atom stereocenters. The number of hydrogen-bond acceptors (Lipinski definition) is 1.